The van der Waals surface area contributed by atoms with Crippen LogP contribution in [0.5, 0.6) is 0 Å². The van der Waals surface area contributed by atoms with E-state index in [4.69, 9.17) is 0 Å². The van der Waals surface area contributed by atoms with E-state index < -0.39 is 0 Å². The third-order valence-electron chi connectivity index (χ3n) is 3.11. The summed E-state index contributed by atoms with van der Waals surface area (Å²) < 4.78 is 0. The van der Waals surface area contributed by atoms with Crippen molar-refractivity contribution in [1.82, 2.24) is 5.01 Å². The van der Waals surface area contributed by atoms with E-state index in [-0.39, 0.29) is 11.8 Å². The molecule has 0 unspecified atom stereocenters. The molecule has 1 aromatic carbocycles. The van der Waals surface area contributed by atoms with Gasteiger partial charge in [-0.05, 0) is 25.5 Å². The van der Waals surface area contributed by atoms with Crippen LogP contribution in [0.3, 0.4) is 0 Å². The van der Waals surface area contributed by atoms with E-state index in [1.807, 2.05) is 44.2 Å². The van der Waals surface area contributed by atoms with Crippen molar-refractivity contribution in [2.45, 2.75) is 46.5 Å². The van der Waals surface area contributed by atoms with Gasteiger partial charge in [0.25, 0.3) is 0 Å². The first-order chi connectivity index (χ1) is 9.65. The van der Waals surface area contributed by atoms with Gasteiger partial charge in [-0.15, -0.1) is 0 Å². The second-order valence-corrected chi connectivity index (χ2v) is 4.61. The van der Waals surface area contributed by atoms with Crippen molar-refractivity contribution in [1.29, 1.82) is 0 Å². The summed E-state index contributed by atoms with van der Waals surface area (Å²) in [4.78, 5) is 24.5. The second-order valence-electron chi connectivity index (χ2n) is 4.61. The maximum absolute atomic E-state index is 12.3. The van der Waals surface area contributed by atoms with Crippen LogP contribution in [0.25, 0.3) is 0 Å². The average Bonchev–Trinajstić information content (AvgIpc) is 2.50. The molecule has 1 rings (SSSR count). The summed E-state index contributed by atoms with van der Waals surface area (Å²) in [6.07, 6.45) is 2.66. The number of anilines is 1. The van der Waals surface area contributed by atoms with Crippen molar-refractivity contribution in [3.8, 4) is 0 Å². The lowest BCUT2D eigenvalue weighted by Crippen LogP contribution is -2.49. The van der Waals surface area contributed by atoms with Crippen LogP contribution in [-0.4, -0.2) is 23.4 Å². The summed E-state index contributed by atoms with van der Waals surface area (Å²) in [6.45, 7) is 6.24. The van der Waals surface area contributed by atoms with Crippen LogP contribution in [0.1, 0.15) is 46.5 Å². The first-order valence-electron chi connectivity index (χ1n) is 7.33. The molecule has 0 spiro atoms. The Hall–Kier alpha value is -1.84. The normalized spacial score (nSPS) is 10.2. The number of nitrogens with zero attached hydrogens (tertiary/aromatic N) is 2. The maximum Gasteiger partial charge on any atom is 0.245 e. The number of rotatable bonds is 6. The highest BCUT2D eigenvalue weighted by atomic mass is 16.2. The molecule has 2 amide bonds. The van der Waals surface area contributed by atoms with Gasteiger partial charge in [0.2, 0.25) is 11.8 Å². The molecule has 4 nitrogen and oxygen atoms in total. The van der Waals surface area contributed by atoms with Gasteiger partial charge in [-0.3, -0.25) is 9.59 Å². The van der Waals surface area contributed by atoms with Crippen LogP contribution in [-0.2, 0) is 9.59 Å². The van der Waals surface area contributed by atoms with Gasteiger partial charge in [0.15, 0.2) is 0 Å². The van der Waals surface area contributed by atoms with Crippen molar-refractivity contribution < 1.29 is 9.59 Å². The molecule has 0 aliphatic rings. The lowest BCUT2D eigenvalue weighted by molar-refractivity contribution is -0.136. The second kappa shape index (κ2) is 8.35. The number of para-hydroxylation sites is 1. The zero-order valence-corrected chi connectivity index (χ0v) is 12.6. The summed E-state index contributed by atoms with van der Waals surface area (Å²) in [7, 11) is 0. The van der Waals surface area contributed by atoms with Crippen molar-refractivity contribution in [3.63, 3.8) is 0 Å². The number of hydrazine groups is 1. The molecular formula is C16H24N2O2. The number of amides is 2. The van der Waals surface area contributed by atoms with E-state index in [1.54, 1.807) is 5.01 Å². The van der Waals surface area contributed by atoms with Gasteiger partial charge >= 0.3 is 0 Å². The zero-order valence-electron chi connectivity index (χ0n) is 12.6. The van der Waals surface area contributed by atoms with Gasteiger partial charge in [-0.1, -0.05) is 38.5 Å². The third kappa shape index (κ3) is 4.08. The Labute approximate surface area is 121 Å². The summed E-state index contributed by atoms with van der Waals surface area (Å²) in [5.74, 6) is -0.0668. The molecule has 0 atom stereocenters. The molecular weight excluding hydrogens is 252 g/mol. The van der Waals surface area contributed by atoms with Gasteiger partial charge in [-0.2, -0.15) is 0 Å². The monoisotopic (exact) mass is 276 g/mol. The molecule has 0 heterocycles. The van der Waals surface area contributed by atoms with Gasteiger partial charge in [-0.25, -0.2) is 10.0 Å². The Morgan fingerprint density at radius 2 is 1.65 bits per heavy atom. The van der Waals surface area contributed by atoms with Gasteiger partial charge in [0.05, 0.1) is 5.69 Å². The summed E-state index contributed by atoms with van der Waals surface area (Å²) >= 11 is 0. The number of carbonyl (C=O) groups excluding carboxylic acids is 2. The molecule has 0 saturated carbocycles. The molecule has 0 saturated heterocycles. The van der Waals surface area contributed by atoms with E-state index >= 15 is 0 Å². The molecule has 0 aliphatic heterocycles. The SMILES string of the molecule is CCCCC(=O)N(CC)N(C(=O)CC)c1ccccc1. The van der Waals surface area contributed by atoms with Crippen molar-refractivity contribution in [2.24, 2.45) is 0 Å². The van der Waals surface area contributed by atoms with E-state index in [2.05, 4.69) is 6.92 Å². The largest absolute Gasteiger partial charge is 0.273 e. The molecule has 0 aromatic heterocycles. The molecule has 4 heteroatoms. The highest BCUT2D eigenvalue weighted by molar-refractivity contribution is 5.96. The standard InChI is InChI=1S/C16H24N2O2/c1-4-7-13-16(20)17(6-3)18(15(19)5-2)14-11-9-8-10-12-14/h8-12H,4-7,13H2,1-3H3. The van der Waals surface area contributed by atoms with Crippen LogP contribution < -0.4 is 5.01 Å². The summed E-state index contributed by atoms with van der Waals surface area (Å²) in [6, 6.07) is 9.34. The first-order valence-corrected chi connectivity index (χ1v) is 7.33. The van der Waals surface area contributed by atoms with Crippen LogP contribution in [0, 0.1) is 0 Å². The minimum atomic E-state index is -0.0668. The third-order valence-corrected chi connectivity index (χ3v) is 3.11. The smallest absolute Gasteiger partial charge is 0.245 e. The van der Waals surface area contributed by atoms with Crippen LogP contribution in [0.15, 0.2) is 30.3 Å². The minimum absolute atomic E-state index is 0.00000283. The lowest BCUT2D eigenvalue weighted by atomic mass is 10.2. The molecule has 0 N–H and O–H groups in total. The van der Waals surface area contributed by atoms with Gasteiger partial charge in [0.1, 0.15) is 0 Å². The van der Waals surface area contributed by atoms with E-state index in [0.717, 1.165) is 18.5 Å². The minimum Gasteiger partial charge on any atom is -0.273 e. The fraction of sp³-hybridized carbons (Fsp3) is 0.500. The number of carbonyl (C=O) groups is 2. The number of unbranched alkanes of at least 4 members (excludes halogenated alkanes) is 1. The first kappa shape index (κ1) is 16.2. The summed E-state index contributed by atoms with van der Waals surface area (Å²) in [5.41, 5.74) is 0.742. The molecule has 0 aliphatic carbocycles. The Morgan fingerprint density at radius 1 is 1.00 bits per heavy atom. The highest BCUT2D eigenvalue weighted by Crippen LogP contribution is 2.18. The van der Waals surface area contributed by atoms with Crippen LogP contribution in [0.2, 0.25) is 0 Å². The highest BCUT2D eigenvalue weighted by Gasteiger charge is 2.24. The number of hydrogen-bond acceptors (Lipinski definition) is 2. The van der Waals surface area contributed by atoms with Crippen molar-refractivity contribution >= 4 is 17.5 Å². The van der Waals surface area contributed by atoms with Crippen LogP contribution in [0.4, 0.5) is 5.69 Å². The lowest BCUT2D eigenvalue weighted by Gasteiger charge is -2.34. The molecule has 0 fully saturated rings. The topological polar surface area (TPSA) is 40.6 Å². The molecule has 0 bridgehead atoms. The Bertz CT molecular complexity index is 431. The maximum atomic E-state index is 12.3. The molecule has 1 aromatic rings. The predicted octanol–water partition coefficient (Wildman–Crippen LogP) is 3.38. The zero-order chi connectivity index (χ0) is 15.0. The Morgan fingerprint density at radius 3 is 2.15 bits per heavy atom. The fourth-order valence-corrected chi connectivity index (χ4v) is 2.02. The van der Waals surface area contributed by atoms with E-state index in [0.29, 0.717) is 19.4 Å². The van der Waals surface area contributed by atoms with E-state index in [9.17, 15) is 9.59 Å². The Balaban J connectivity index is 3.02. The summed E-state index contributed by atoms with van der Waals surface area (Å²) in [5, 5.41) is 3.06. The van der Waals surface area contributed by atoms with E-state index in [1.165, 1.54) is 5.01 Å². The quantitative estimate of drug-likeness (QED) is 0.747. The molecule has 0 radical (unpaired) electrons. The predicted molar refractivity (Wildman–Crippen MR) is 81.1 cm³/mol. The van der Waals surface area contributed by atoms with Crippen molar-refractivity contribution in [3.05, 3.63) is 30.3 Å². The van der Waals surface area contributed by atoms with Crippen LogP contribution >= 0.6 is 0 Å². The molecule has 20 heavy (non-hydrogen) atoms. The number of hydrogen-bond donors (Lipinski definition) is 0. The van der Waals surface area contributed by atoms with Gasteiger partial charge in [0, 0.05) is 19.4 Å². The Kier molecular flexibility index (Phi) is 6.77. The average molecular weight is 276 g/mol. The van der Waals surface area contributed by atoms with Gasteiger partial charge < -0.3 is 0 Å². The fourth-order valence-electron chi connectivity index (χ4n) is 2.02. The number of benzene rings is 1. The molecule has 110 valence electrons. The van der Waals surface area contributed by atoms with Crippen molar-refractivity contribution in [2.75, 3.05) is 11.6 Å².